The van der Waals surface area contributed by atoms with E-state index in [0.717, 1.165) is 18.7 Å². The number of nitrogens with one attached hydrogen (secondary N) is 1. The number of ether oxygens (including phenoxy) is 1. The van der Waals surface area contributed by atoms with E-state index in [1.807, 2.05) is 31.3 Å². The van der Waals surface area contributed by atoms with Crippen LogP contribution < -0.4 is 15.8 Å². The van der Waals surface area contributed by atoms with E-state index < -0.39 is 0 Å². The summed E-state index contributed by atoms with van der Waals surface area (Å²) in [5, 5.41) is 3.49. The van der Waals surface area contributed by atoms with Gasteiger partial charge in [-0.1, -0.05) is 12.1 Å². The number of nitrogens with zero attached hydrogens (tertiary/aromatic N) is 1. The van der Waals surface area contributed by atoms with Crippen molar-refractivity contribution in [2.24, 2.45) is 0 Å². The Morgan fingerprint density at radius 3 is 2.81 bits per heavy atom. The van der Waals surface area contributed by atoms with E-state index in [2.05, 4.69) is 29.4 Å². The SMILES string of the molecule is CCOc1ccc(CC(C)NCc2cccnc2)cc1N. The summed E-state index contributed by atoms with van der Waals surface area (Å²) >= 11 is 0. The molecule has 0 aliphatic rings. The third-order valence-electron chi connectivity index (χ3n) is 3.29. The molecule has 1 atom stereocenters. The second-order valence-electron chi connectivity index (χ2n) is 5.15. The van der Waals surface area contributed by atoms with Gasteiger partial charge in [-0.15, -0.1) is 0 Å². The lowest BCUT2D eigenvalue weighted by Crippen LogP contribution is -2.27. The molecule has 1 aromatic heterocycles. The average molecular weight is 285 g/mol. The Bertz CT molecular complexity index is 557. The van der Waals surface area contributed by atoms with Gasteiger partial charge >= 0.3 is 0 Å². The van der Waals surface area contributed by atoms with E-state index >= 15 is 0 Å². The number of nitrogens with two attached hydrogens (primary N) is 1. The number of nitrogen functional groups attached to an aromatic ring is 1. The maximum atomic E-state index is 5.99. The molecule has 4 heteroatoms. The van der Waals surface area contributed by atoms with Crippen molar-refractivity contribution in [3.8, 4) is 5.75 Å². The number of benzene rings is 1. The number of anilines is 1. The van der Waals surface area contributed by atoms with Crippen molar-refractivity contribution in [1.82, 2.24) is 10.3 Å². The standard InChI is InChI=1S/C17H23N3O/c1-3-21-17-7-6-14(10-16(17)18)9-13(2)20-12-15-5-4-8-19-11-15/h4-8,10-11,13,20H,3,9,12,18H2,1-2H3. The molecule has 0 saturated carbocycles. The van der Waals surface area contributed by atoms with Gasteiger partial charge in [0.2, 0.25) is 0 Å². The number of pyridine rings is 1. The highest BCUT2D eigenvalue weighted by atomic mass is 16.5. The Hall–Kier alpha value is -2.07. The van der Waals surface area contributed by atoms with Crippen LogP contribution in [0.1, 0.15) is 25.0 Å². The van der Waals surface area contributed by atoms with Crippen molar-refractivity contribution in [2.75, 3.05) is 12.3 Å². The van der Waals surface area contributed by atoms with Gasteiger partial charge in [0.05, 0.1) is 12.3 Å². The summed E-state index contributed by atoms with van der Waals surface area (Å²) in [6.45, 7) is 5.58. The van der Waals surface area contributed by atoms with E-state index in [4.69, 9.17) is 10.5 Å². The van der Waals surface area contributed by atoms with Crippen molar-refractivity contribution in [2.45, 2.75) is 32.9 Å². The summed E-state index contributed by atoms with van der Waals surface area (Å²) in [6, 6.07) is 10.4. The summed E-state index contributed by atoms with van der Waals surface area (Å²) in [4.78, 5) is 4.11. The molecule has 0 aliphatic heterocycles. The van der Waals surface area contributed by atoms with Crippen LogP contribution in [0.2, 0.25) is 0 Å². The fraction of sp³-hybridized carbons (Fsp3) is 0.353. The van der Waals surface area contributed by atoms with Gasteiger partial charge in [-0.05, 0) is 49.6 Å². The zero-order chi connectivity index (χ0) is 15.1. The molecule has 1 unspecified atom stereocenters. The predicted octanol–water partition coefficient (Wildman–Crippen LogP) is 2.78. The molecule has 0 saturated heterocycles. The minimum absolute atomic E-state index is 0.363. The van der Waals surface area contributed by atoms with Crippen LogP contribution in [-0.2, 0) is 13.0 Å². The molecule has 112 valence electrons. The summed E-state index contributed by atoms with van der Waals surface area (Å²) in [5.74, 6) is 0.761. The molecule has 2 aromatic rings. The summed E-state index contributed by atoms with van der Waals surface area (Å²) < 4.78 is 5.45. The van der Waals surface area contributed by atoms with Gasteiger partial charge < -0.3 is 15.8 Å². The first-order valence-electron chi connectivity index (χ1n) is 7.32. The molecule has 0 amide bonds. The maximum Gasteiger partial charge on any atom is 0.142 e. The van der Waals surface area contributed by atoms with E-state index in [0.29, 0.717) is 18.3 Å². The minimum Gasteiger partial charge on any atom is -0.492 e. The molecule has 0 fully saturated rings. The van der Waals surface area contributed by atoms with Gasteiger partial charge in [-0.25, -0.2) is 0 Å². The monoisotopic (exact) mass is 285 g/mol. The Kier molecular flexibility index (Phi) is 5.58. The molecular weight excluding hydrogens is 262 g/mol. The number of hydrogen-bond donors (Lipinski definition) is 2. The zero-order valence-electron chi connectivity index (χ0n) is 12.7. The number of aromatic nitrogens is 1. The number of hydrogen-bond acceptors (Lipinski definition) is 4. The van der Waals surface area contributed by atoms with E-state index in [1.165, 1.54) is 11.1 Å². The van der Waals surface area contributed by atoms with Crippen LogP contribution in [0.15, 0.2) is 42.7 Å². The Labute approximate surface area is 126 Å². The van der Waals surface area contributed by atoms with Crippen LogP contribution in [0.3, 0.4) is 0 Å². The highest BCUT2D eigenvalue weighted by Crippen LogP contribution is 2.23. The van der Waals surface area contributed by atoms with Crippen LogP contribution in [0.5, 0.6) is 5.75 Å². The van der Waals surface area contributed by atoms with E-state index in [-0.39, 0.29) is 0 Å². The molecule has 1 heterocycles. The van der Waals surface area contributed by atoms with Crippen LogP contribution in [0.4, 0.5) is 5.69 Å². The highest BCUT2D eigenvalue weighted by molar-refractivity contribution is 5.54. The number of rotatable bonds is 7. The maximum absolute atomic E-state index is 5.99. The van der Waals surface area contributed by atoms with Gasteiger partial charge in [0.1, 0.15) is 5.75 Å². The first-order valence-corrected chi connectivity index (χ1v) is 7.32. The molecular formula is C17H23N3O. The Morgan fingerprint density at radius 2 is 2.14 bits per heavy atom. The van der Waals surface area contributed by atoms with Gasteiger partial charge in [0, 0.05) is 25.0 Å². The first-order chi connectivity index (χ1) is 10.2. The smallest absolute Gasteiger partial charge is 0.142 e. The van der Waals surface area contributed by atoms with Crippen LogP contribution >= 0.6 is 0 Å². The van der Waals surface area contributed by atoms with Gasteiger partial charge in [-0.2, -0.15) is 0 Å². The largest absolute Gasteiger partial charge is 0.492 e. The first kappa shape index (κ1) is 15.3. The fourth-order valence-electron chi connectivity index (χ4n) is 2.23. The Morgan fingerprint density at radius 1 is 1.29 bits per heavy atom. The Balaban J connectivity index is 1.87. The third kappa shape index (κ3) is 4.76. The molecule has 0 radical (unpaired) electrons. The predicted molar refractivity (Wildman–Crippen MR) is 86.3 cm³/mol. The van der Waals surface area contributed by atoms with Crippen LogP contribution in [0.25, 0.3) is 0 Å². The van der Waals surface area contributed by atoms with Crippen molar-refractivity contribution in [3.05, 3.63) is 53.9 Å². The minimum atomic E-state index is 0.363. The topological polar surface area (TPSA) is 60.2 Å². The van der Waals surface area contributed by atoms with Gasteiger partial charge in [0.15, 0.2) is 0 Å². The molecule has 2 rings (SSSR count). The second-order valence-corrected chi connectivity index (χ2v) is 5.15. The molecule has 3 N–H and O–H groups in total. The molecule has 0 spiro atoms. The lowest BCUT2D eigenvalue weighted by molar-refractivity contribution is 0.342. The average Bonchev–Trinajstić information content (AvgIpc) is 2.49. The fourth-order valence-corrected chi connectivity index (χ4v) is 2.23. The molecule has 0 bridgehead atoms. The molecule has 0 aliphatic carbocycles. The van der Waals surface area contributed by atoms with Crippen molar-refractivity contribution in [3.63, 3.8) is 0 Å². The summed E-state index contributed by atoms with van der Waals surface area (Å²) in [5.41, 5.74) is 9.10. The normalized spacial score (nSPS) is 12.1. The quantitative estimate of drug-likeness (QED) is 0.768. The van der Waals surface area contributed by atoms with Crippen LogP contribution in [-0.4, -0.2) is 17.6 Å². The van der Waals surface area contributed by atoms with Gasteiger partial charge in [-0.3, -0.25) is 4.98 Å². The third-order valence-corrected chi connectivity index (χ3v) is 3.29. The summed E-state index contributed by atoms with van der Waals surface area (Å²) in [6.07, 6.45) is 4.60. The molecule has 1 aromatic carbocycles. The lowest BCUT2D eigenvalue weighted by atomic mass is 10.1. The van der Waals surface area contributed by atoms with E-state index in [1.54, 1.807) is 6.20 Å². The molecule has 4 nitrogen and oxygen atoms in total. The highest BCUT2D eigenvalue weighted by Gasteiger charge is 2.06. The van der Waals surface area contributed by atoms with Crippen molar-refractivity contribution in [1.29, 1.82) is 0 Å². The van der Waals surface area contributed by atoms with Crippen LogP contribution in [0, 0.1) is 0 Å². The van der Waals surface area contributed by atoms with Crippen molar-refractivity contribution >= 4 is 5.69 Å². The van der Waals surface area contributed by atoms with E-state index in [9.17, 15) is 0 Å². The van der Waals surface area contributed by atoms with Crippen molar-refractivity contribution < 1.29 is 4.74 Å². The van der Waals surface area contributed by atoms with Gasteiger partial charge in [0.25, 0.3) is 0 Å². The molecule has 21 heavy (non-hydrogen) atoms. The lowest BCUT2D eigenvalue weighted by Gasteiger charge is -2.15. The second kappa shape index (κ2) is 7.64. The zero-order valence-corrected chi connectivity index (χ0v) is 12.7. The summed E-state index contributed by atoms with van der Waals surface area (Å²) in [7, 11) is 0.